The van der Waals surface area contributed by atoms with Crippen LogP contribution in [0.3, 0.4) is 0 Å². The fourth-order valence-corrected chi connectivity index (χ4v) is 15.2. The maximum absolute atomic E-state index is 5.40. The molecule has 1 aliphatic heterocycles. The molecular formula is C18H48N9P3. The molecule has 0 aromatic heterocycles. The van der Waals surface area contributed by atoms with Gasteiger partial charge in [-0.25, -0.2) is 0 Å². The van der Waals surface area contributed by atoms with Crippen molar-refractivity contribution in [3.05, 3.63) is 0 Å². The Morgan fingerprint density at radius 1 is 0.367 bits per heavy atom. The van der Waals surface area contributed by atoms with E-state index in [1.165, 1.54) is 0 Å². The Morgan fingerprint density at radius 2 is 0.533 bits per heavy atom. The van der Waals surface area contributed by atoms with E-state index in [1.807, 2.05) is 0 Å². The SMILES string of the molecule is CCCNP1(NCCC)=NP(NCCC)(NCCC)=NP(NCCC)(NCCC)=N1. The molecule has 0 radical (unpaired) electrons. The van der Waals surface area contributed by atoms with Crippen molar-refractivity contribution in [3.63, 3.8) is 0 Å². The molecule has 0 saturated carbocycles. The second kappa shape index (κ2) is 15.3. The lowest BCUT2D eigenvalue weighted by Gasteiger charge is -2.37. The predicted octanol–water partition coefficient (Wildman–Crippen LogP) is 5.84. The van der Waals surface area contributed by atoms with Gasteiger partial charge in [0.15, 0.2) is 0 Å². The first-order chi connectivity index (χ1) is 14.5. The highest BCUT2D eigenvalue weighted by Gasteiger charge is 2.36. The van der Waals surface area contributed by atoms with Crippen molar-refractivity contribution >= 4 is 22.5 Å². The molecule has 0 aliphatic carbocycles. The van der Waals surface area contributed by atoms with E-state index < -0.39 is 22.5 Å². The maximum Gasteiger partial charge on any atom is 0.215 e. The van der Waals surface area contributed by atoms with E-state index in [2.05, 4.69) is 72.1 Å². The van der Waals surface area contributed by atoms with Gasteiger partial charge >= 0.3 is 0 Å². The molecule has 0 amide bonds. The second-order valence-corrected chi connectivity index (χ2v) is 15.2. The van der Waals surface area contributed by atoms with Crippen LogP contribution >= 0.6 is 22.5 Å². The molecule has 12 heteroatoms. The van der Waals surface area contributed by atoms with Gasteiger partial charge in [0.05, 0.1) is 0 Å². The summed E-state index contributed by atoms with van der Waals surface area (Å²) in [5.41, 5.74) is 0. The average Bonchev–Trinajstić information content (AvgIpc) is 2.76. The van der Waals surface area contributed by atoms with Crippen molar-refractivity contribution in [3.8, 4) is 0 Å². The molecule has 0 aromatic rings. The number of hydrogen-bond acceptors (Lipinski definition) is 9. The third-order valence-corrected chi connectivity index (χ3v) is 14.5. The molecule has 1 aliphatic rings. The lowest BCUT2D eigenvalue weighted by atomic mass is 10.5. The second-order valence-electron chi connectivity index (χ2n) is 7.52. The van der Waals surface area contributed by atoms with E-state index in [0.29, 0.717) is 0 Å². The topological polar surface area (TPSA) is 109 Å². The van der Waals surface area contributed by atoms with Crippen molar-refractivity contribution in [2.24, 2.45) is 13.5 Å². The largest absolute Gasteiger partial charge is 0.253 e. The third kappa shape index (κ3) is 9.13. The van der Waals surface area contributed by atoms with Crippen LogP contribution in [0, 0.1) is 0 Å². The van der Waals surface area contributed by atoms with E-state index in [-0.39, 0.29) is 0 Å². The van der Waals surface area contributed by atoms with Crippen molar-refractivity contribution in [2.45, 2.75) is 80.1 Å². The molecule has 30 heavy (non-hydrogen) atoms. The summed E-state index contributed by atoms with van der Waals surface area (Å²) in [6.45, 7) is 18.5. The molecule has 0 fully saturated rings. The standard InChI is InChI=1S/C18H48N9P3/c1-7-13-19-28(20-14-8-2)25-29(21-15-9-3,22-16-10-4)27-30(26-28,23-17-11-5)24-18-12-6/h19-24H,7-18H2,1-6H3. The van der Waals surface area contributed by atoms with E-state index in [9.17, 15) is 0 Å². The van der Waals surface area contributed by atoms with Gasteiger partial charge in [0.25, 0.3) is 0 Å². The van der Waals surface area contributed by atoms with Crippen molar-refractivity contribution < 1.29 is 0 Å². The number of nitrogens with one attached hydrogen (secondary N) is 6. The molecule has 180 valence electrons. The fraction of sp³-hybridized carbons (Fsp3) is 1.00. The van der Waals surface area contributed by atoms with Crippen molar-refractivity contribution in [2.75, 3.05) is 39.3 Å². The first kappa shape index (κ1) is 28.5. The van der Waals surface area contributed by atoms with Gasteiger partial charge in [-0.3, -0.25) is 30.5 Å². The number of rotatable bonds is 18. The summed E-state index contributed by atoms with van der Waals surface area (Å²) in [5.74, 6) is 0. The molecule has 1 heterocycles. The zero-order valence-electron chi connectivity index (χ0n) is 20.2. The van der Waals surface area contributed by atoms with Crippen molar-refractivity contribution in [1.82, 2.24) is 30.5 Å². The molecule has 6 N–H and O–H groups in total. The van der Waals surface area contributed by atoms with Gasteiger partial charge in [-0.2, -0.15) is 13.5 Å². The van der Waals surface area contributed by atoms with E-state index in [1.54, 1.807) is 0 Å². The number of nitrogens with zero attached hydrogens (tertiary/aromatic N) is 3. The van der Waals surface area contributed by atoms with Crippen LogP contribution in [0.25, 0.3) is 0 Å². The highest BCUT2D eigenvalue weighted by molar-refractivity contribution is 7.83. The fourth-order valence-electron chi connectivity index (χ4n) is 2.77. The monoisotopic (exact) mass is 483 g/mol. The van der Waals surface area contributed by atoms with Crippen molar-refractivity contribution in [1.29, 1.82) is 0 Å². The summed E-state index contributed by atoms with van der Waals surface area (Å²) in [6.07, 6.45) is 6.27. The van der Waals surface area contributed by atoms with Crippen LogP contribution in [0.5, 0.6) is 0 Å². The molecule has 0 saturated heterocycles. The molecule has 0 spiro atoms. The van der Waals surface area contributed by atoms with Crippen LogP contribution in [0.15, 0.2) is 13.5 Å². The quantitative estimate of drug-likeness (QED) is 0.137. The van der Waals surface area contributed by atoms with Gasteiger partial charge in [0.2, 0.25) is 22.5 Å². The number of hydrogen-bond donors (Lipinski definition) is 6. The van der Waals surface area contributed by atoms with E-state index in [0.717, 1.165) is 77.8 Å². The van der Waals surface area contributed by atoms with Crippen LogP contribution in [0.4, 0.5) is 0 Å². The molecule has 1 rings (SSSR count). The zero-order valence-corrected chi connectivity index (χ0v) is 22.9. The Hall–Kier alpha value is 0.450. The molecule has 0 bridgehead atoms. The first-order valence-electron chi connectivity index (χ1n) is 11.9. The van der Waals surface area contributed by atoms with Gasteiger partial charge < -0.3 is 0 Å². The Kier molecular flexibility index (Phi) is 14.5. The van der Waals surface area contributed by atoms with Gasteiger partial charge in [-0.05, 0) is 38.5 Å². The summed E-state index contributed by atoms with van der Waals surface area (Å²) in [6, 6.07) is 0. The zero-order chi connectivity index (χ0) is 22.3. The summed E-state index contributed by atoms with van der Waals surface area (Å²) >= 11 is 0. The lowest BCUT2D eigenvalue weighted by molar-refractivity contribution is 0.790. The normalized spacial score (nSPS) is 19.0. The highest BCUT2D eigenvalue weighted by Crippen LogP contribution is 2.70. The highest BCUT2D eigenvalue weighted by atomic mass is 31.3. The Morgan fingerprint density at radius 3 is 0.667 bits per heavy atom. The average molecular weight is 484 g/mol. The van der Waals surface area contributed by atoms with Crippen LogP contribution < -0.4 is 30.5 Å². The Balaban J connectivity index is 3.71. The van der Waals surface area contributed by atoms with Crippen LogP contribution in [0.1, 0.15) is 80.1 Å². The van der Waals surface area contributed by atoms with E-state index in [4.69, 9.17) is 13.5 Å². The van der Waals surface area contributed by atoms with Crippen LogP contribution in [0.2, 0.25) is 0 Å². The minimum Gasteiger partial charge on any atom is -0.253 e. The van der Waals surface area contributed by atoms with Gasteiger partial charge in [-0.1, -0.05) is 41.5 Å². The lowest BCUT2D eigenvalue weighted by Crippen LogP contribution is -2.32. The first-order valence-corrected chi connectivity index (χ1v) is 17.0. The Bertz CT molecular complexity index is 498. The molecular weight excluding hydrogens is 435 g/mol. The van der Waals surface area contributed by atoms with Gasteiger partial charge in [0.1, 0.15) is 0 Å². The third-order valence-electron chi connectivity index (χ3n) is 4.27. The smallest absolute Gasteiger partial charge is 0.215 e. The maximum atomic E-state index is 5.40. The molecule has 9 nitrogen and oxygen atoms in total. The summed E-state index contributed by atoms with van der Waals surface area (Å²) in [4.78, 5) is 0. The van der Waals surface area contributed by atoms with Crippen LogP contribution in [-0.4, -0.2) is 39.3 Å². The van der Waals surface area contributed by atoms with Gasteiger partial charge in [0, 0.05) is 39.3 Å². The Labute approximate surface area is 186 Å². The molecule has 0 unspecified atom stereocenters. The minimum absolute atomic E-state index is 0.889. The molecule has 0 atom stereocenters. The molecule has 0 aromatic carbocycles. The predicted molar refractivity (Wildman–Crippen MR) is 138 cm³/mol. The summed E-state index contributed by atoms with van der Waals surface area (Å²) in [7, 11) is -6.97. The van der Waals surface area contributed by atoms with Crippen LogP contribution in [-0.2, 0) is 0 Å². The van der Waals surface area contributed by atoms with Gasteiger partial charge in [-0.15, -0.1) is 0 Å². The summed E-state index contributed by atoms with van der Waals surface area (Å²) < 4.78 is 16.2. The summed E-state index contributed by atoms with van der Waals surface area (Å²) in [5, 5.41) is 22.4. The minimum atomic E-state index is -2.32. The van der Waals surface area contributed by atoms with E-state index >= 15 is 0 Å².